The quantitative estimate of drug-likeness (QED) is 0.902. The van der Waals surface area contributed by atoms with E-state index in [0.717, 1.165) is 16.9 Å². The molecular formula is C14H14ClNO. The van der Waals surface area contributed by atoms with Gasteiger partial charge in [0.1, 0.15) is 5.75 Å². The maximum atomic E-state index is 6.18. The van der Waals surface area contributed by atoms with E-state index in [0.29, 0.717) is 5.02 Å². The number of hydrogen-bond donors (Lipinski definition) is 1. The number of rotatable bonds is 3. The molecule has 0 aromatic heterocycles. The molecule has 0 aliphatic carbocycles. The lowest BCUT2D eigenvalue weighted by Gasteiger charge is -2.14. The second kappa shape index (κ2) is 5.21. The Bertz CT molecular complexity index is 496. The van der Waals surface area contributed by atoms with Crippen molar-refractivity contribution in [3.8, 4) is 5.75 Å². The van der Waals surface area contributed by atoms with Crippen molar-refractivity contribution in [1.82, 2.24) is 0 Å². The van der Waals surface area contributed by atoms with Crippen LogP contribution in [0.3, 0.4) is 0 Å². The molecule has 0 aliphatic heterocycles. The molecular weight excluding hydrogens is 234 g/mol. The predicted octanol–water partition coefficient (Wildman–Crippen LogP) is 3.40. The average molecular weight is 248 g/mol. The Morgan fingerprint density at radius 2 is 1.71 bits per heavy atom. The van der Waals surface area contributed by atoms with Crippen LogP contribution in [0.5, 0.6) is 5.75 Å². The first kappa shape index (κ1) is 12.0. The van der Waals surface area contributed by atoms with E-state index >= 15 is 0 Å². The Labute approximate surface area is 106 Å². The van der Waals surface area contributed by atoms with Crippen LogP contribution < -0.4 is 10.5 Å². The summed E-state index contributed by atoms with van der Waals surface area (Å²) in [5.41, 5.74) is 8.13. The second-order valence-corrected chi connectivity index (χ2v) is 4.18. The molecule has 0 saturated carbocycles. The number of benzene rings is 2. The molecule has 3 heteroatoms. The van der Waals surface area contributed by atoms with E-state index in [4.69, 9.17) is 22.1 Å². The molecule has 2 rings (SSSR count). The first-order chi connectivity index (χ1) is 8.22. The molecule has 88 valence electrons. The molecule has 0 spiro atoms. The third-order valence-corrected chi connectivity index (χ3v) is 3.06. The van der Waals surface area contributed by atoms with Gasteiger partial charge >= 0.3 is 0 Å². The summed E-state index contributed by atoms with van der Waals surface area (Å²) in [6.07, 6.45) is 0. The van der Waals surface area contributed by atoms with Crippen molar-refractivity contribution in [3.05, 3.63) is 64.7 Å². The van der Waals surface area contributed by atoms with Crippen LogP contribution in [0.1, 0.15) is 17.2 Å². The van der Waals surface area contributed by atoms with Gasteiger partial charge in [-0.15, -0.1) is 0 Å². The number of halogens is 1. The van der Waals surface area contributed by atoms with E-state index in [9.17, 15) is 0 Å². The fourth-order valence-electron chi connectivity index (χ4n) is 1.72. The topological polar surface area (TPSA) is 35.2 Å². The Balaban J connectivity index is 2.30. The standard InChI is InChI=1S/C14H14ClNO/c1-17-11-8-6-10(7-9-11)14(16)12-4-2-3-5-13(12)15/h2-9,14H,16H2,1H3. The minimum absolute atomic E-state index is 0.213. The van der Waals surface area contributed by atoms with E-state index in [2.05, 4.69) is 0 Å². The Hall–Kier alpha value is -1.51. The summed E-state index contributed by atoms with van der Waals surface area (Å²) < 4.78 is 5.11. The molecule has 0 bridgehead atoms. The van der Waals surface area contributed by atoms with Crippen LogP contribution in [0.25, 0.3) is 0 Å². The zero-order chi connectivity index (χ0) is 12.3. The van der Waals surface area contributed by atoms with Crippen molar-refractivity contribution >= 4 is 11.6 Å². The van der Waals surface area contributed by atoms with Crippen LogP contribution in [0.4, 0.5) is 0 Å². The smallest absolute Gasteiger partial charge is 0.118 e. The van der Waals surface area contributed by atoms with Gasteiger partial charge in [0, 0.05) is 5.02 Å². The fourth-order valence-corrected chi connectivity index (χ4v) is 1.97. The van der Waals surface area contributed by atoms with Gasteiger partial charge in [-0.05, 0) is 29.3 Å². The van der Waals surface area contributed by atoms with E-state index in [1.807, 2.05) is 48.5 Å². The first-order valence-electron chi connectivity index (χ1n) is 5.36. The van der Waals surface area contributed by atoms with Gasteiger partial charge in [-0.25, -0.2) is 0 Å². The van der Waals surface area contributed by atoms with Crippen LogP contribution in [0.15, 0.2) is 48.5 Å². The number of methoxy groups -OCH3 is 1. The van der Waals surface area contributed by atoms with Gasteiger partial charge in [-0.1, -0.05) is 41.9 Å². The Morgan fingerprint density at radius 1 is 1.06 bits per heavy atom. The van der Waals surface area contributed by atoms with Crippen LogP contribution in [-0.4, -0.2) is 7.11 Å². The monoisotopic (exact) mass is 247 g/mol. The minimum Gasteiger partial charge on any atom is -0.497 e. The molecule has 2 nitrogen and oxygen atoms in total. The largest absolute Gasteiger partial charge is 0.497 e. The molecule has 0 fully saturated rings. The Kier molecular flexibility index (Phi) is 3.67. The lowest BCUT2D eigenvalue weighted by atomic mass is 9.99. The average Bonchev–Trinajstić information content (AvgIpc) is 2.39. The third-order valence-electron chi connectivity index (χ3n) is 2.72. The molecule has 0 heterocycles. The van der Waals surface area contributed by atoms with Gasteiger partial charge in [-0.3, -0.25) is 0 Å². The summed E-state index contributed by atoms with van der Waals surface area (Å²) in [6.45, 7) is 0. The van der Waals surface area contributed by atoms with Crippen molar-refractivity contribution in [2.45, 2.75) is 6.04 Å². The highest BCUT2D eigenvalue weighted by atomic mass is 35.5. The van der Waals surface area contributed by atoms with Crippen molar-refractivity contribution in [2.75, 3.05) is 7.11 Å². The van der Waals surface area contributed by atoms with Gasteiger partial charge < -0.3 is 10.5 Å². The molecule has 0 radical (unpaired) electrons. The minimum atomic E-state index is -0.213. The molecule has 0 saturated heterocycles. The molecule has 0 amide bonds. The molecule has 2 aromatic carbocycles. The predicted molar refractivity (Wildman–Crippen MR) is 70.5 cm³/mol. The van der Waals surface area contributed by atoms with Crippen molar-refractivity contribution in [2.24, 2.45) is 5.73 Å². The van der Waals surface area contributed by atoms with Crippen molar-refractivity contribution < 1.29 is 4.74 Å². The summed E-state index contributed by atoms with van der Waals surface area (Å²) in [5, 5.41) is 0.691. The highest BCUT2D eigenvalue weighted by Gasteiger charge is 2.11. The lowest BCUT2D eigenvalue weighted by Crippen LogP contribution is -2.12. The summed E-state index contributed by atoms with van der Waals surface area (Å²) in [6, 6.07) is 15.1. The molecule has 17 heavy (non-hydrogen) atoms. The fraction of sp³-hybridized carbons (Fsp3) is 0.143. The first-order valence-corrected chi connectivity index (χ1v) is 5.74. The van der Waals surface area contributed by atoms with E-state index in [1.54, 1.807) is 7.11 Å². The van der Waals surface area contributed by atoms with E-state index in [1.165, 1.54) is 0 Å². The van der Waals surface area contributed by atoms with Gasteiger partial charge in [-0.2, -0.15) is 0 Å². The normalized spacial score (nSPS) is 12.2. The number of nitrogens with two attached hydrogens (primary N) is 1. The summed E-state index contributed by atoms with van der Waals surface area (Å²) in [7, 11) is 1.64. The maximum absolute atomic E-state index is 6.18. The summed E-state index contributed by atoms with van der Waals surface area (Å²) >= 11 is 6.12. The van der Waals surface area contributed by atoms with Gasteiger partial charge in [0.15, 0.2) is 0 Å². The maximum Gasteiger partial charge on any atom is 0.118 e. The second-order valence-electron chi connectivity index (χ2n) is 3.77. The zero-order valence-electron chi connectivity index (χ0n) is 9.56. The summed E-state index contributed by atoms with van der Waals surface area (Å²) in [4.78, 5) is 0. The molecule has 2 N–H and O–H groups in total. The molecule has 1 atom stereocenters. The van der Waals surface area contributed by atoms with Crippen molar-refractivity contribution in [1.29, 1.82) is 0 Å². The number of ether oxygens (including phenoxy) is 1. The van der Waals surface area contributed by atoms with Crippen LogP contribution in [0, 0.1) is 0 Å². The summed E-state index contributed by atoms with van der Waals surface area (Å²) in [5.74, 6) is 0.820. The lowest BCUT2D eigenvalue weighted by molar-refractivity contribution is 0.414. The molecule has 0 aliphatic rings. The van der Waals surface area contributed by atoms with Gasteiger partial charge in [0.2, 0.25) is 0 Å². The molecule has 2 aromatic rings. The highest BCUT2D eigenvalue weighted by Crippen LogP contribution is 2.27. The van der Waals surface area contributed by atoms with Crippen LogP contribution in [0.2, 0.25) is 5.02 Å². The van der Waals surface area contributed by atoms with Crippen LogP contribution >= 0.6 is 11.6 Å². The van der Waals surface area contributed by atoms with E-state index < -0.39 is 0 Å². The van der Waals surface area contributed by atoms with E-state index in [-0.39, 0.29) is 6.04 Å². The zero-order valence-corrected chi connectivity index (χ0v) is 10.3. The molecule has 1 unspecified atom stereocenters. The van der Waals surface area contributed by atoms with Gasteiger partial charge in [0.25, 0.3) is 0 Å². The SMILES string of the molecule is COc1ccc(C(N)c2ccccc2Cl)cc1. The number of hydrogen-bond acceptors (Lipinski definition) is 2. The Morgan fingerprint density at radius 3 is 2.29 bits per heavy atom. The van der Waals surface area contributed by atoms with Crippen LogP contribution in [-0.2, 0) is 0 Å². The third kappa shape index (κ3) is 2.60. The van der Waals surface area contributed by atoms with Crippen molar-refractivity contribution in [3.63, 3.8) is 0 Å². The highest BCUT2D eigenvalue weighted by molar-refractivity contribution is 6.31. The van der Waals surface area contributed by atoms with Gasteiger partial charge in [0.05, 0.1) is 13.2 Å².